The van der Waals surface area contributed by atoms with Crippen LogP contribution in [0.2, 0.25) is 0 Å². The molecule has 0 heterocycles. The van der Waals surface area contributed by atoms with E-state index < -0.39 is 6.36 Å². The number of thiol groups is 1. The molecule has 0 aromatic heterocycles. The molecular formula is C10H8F3NOS. The van der Waals surface area contributed by atoms with Gasteiger partial charge in [0.15, 0.2) is 0 Å². The van der Waals surface area contributed by atoms with Crippen molar-refractivity contribution in [3.8, 4) is 17.6 Å². The predicted molar refractivity (Wildman–Crippen MR) is 58.3 cm³/mol. The highest BCUT2D eigenvalue weighted by atomic mass is 32.1. The monoisotopic (exact) mass is 247 g/mol. The van der Waals surface area contributed by atoms with Crippen molar-refractivity contribution in [1.29, 1.82) is 0 Å². The van der Waals surface area contributed by atoms with Gasteiger partial charge in [0, 0.05) is 5.69 Å². The smallest absolute Gasteiger partial charge is 0.404 e. The van der Waals surface area contributed by atoms with E-state index in [1.807, 2.05) is 0 Å². The van der Waals surface area contributed by atoms with E-state index >= 15 is 0 Å². The van der Waals surface area contributed by atoms with Gasteiger partial charge in [0.2, 0.25) is 0 Å². The van der Waals surface area contributed by atoms with Crippen LogP contribution in [0.3, 0.4) is 0 Å². The molecule has 0 fully saturated rings. The first-order valence-electron chi connectivity index (χ1n) is 4.17. The number of hydrogen-bond donors (Lipinski definition) is 2. The molecule has 0 aliphatic rings. The Balaban J connectivity index is 3.08. The molecule has 1 aromatic carbocycles. The zero-order chi connectivity index (χ0) is 12.2. The van der Waals surface area contributed by atoms with E-state index in [-0.39, 0.29) is 17.1 Å². The summed E-state index contributed by atoms with van der Waals surface area (Å²) in [6.07, 6.45) is -4.74. The third kappa shape index (κ3) is 3.95. The maximum atomic E-state index is 12.0. The first-order chi connectivity index (χ1) is 7.42. The minimum atomic E-state index is -4.74. The summed E-state index contributed by atoms with van der Waals surface area (Å²) in [4.78, 5) is 0. The van der Waals surface area contributed by atoms with E-state index in [1.54, 1.807) is 0 Å². The van der Waals surface area contributed by atoms with Gasteiger partial charge in [0.1, 0.15) is 5.75 Å². The predicted octanol–water partition coefficient (Wildman–Crippen LogP) is 2.45. The van der Waals surface area contributed by atoms with Gasteiger partial charge < -0.3 is 10.5 Å². The van der Waals surface area contributed by atoms with Crippen LogP contribution in [0.4, 0.5) is 18.9 Å². The summed E-state index contributed by atoms with van der Waals surface area (Å²) in [5.74, 6) is 4.90. The van der Waals surface area contributed by atoms with Gasteiger partial charge in [-0.2, -0.15) is 12.6 Å². The van der Waals surface area contributed by atoms with Crippen molar-refractivity contribution >= 4 is 18.3 Å². The number of halogens is 3. The Labute approximate surface area is 96.0 Å². The van der Waals surface area contributed by atoms with Crippen molar-refractivity contribution in [3.05, 3.63) is 23.8 Å². The number of rotatable bonds is 1. The Hall–Kier alpha value is -1.48. The molecule has 6 heteroatoms. The van der Waals surface area contributed by atoms with Crippen molar-refractivity contribution in [2.45, 2.75) is 6.36 Å². The second kappa shape index (κ2) is 5.03. The number of anilines is 1. The van der Waals surface area contributed by atoms with Gasteiger partial charge in [0.05, 0.1) is 11.3 Å². The fourth-order valence-electron chi connectivity index (χ4n) is 0.994. The van der Waals surface area contributed by atoms with Gasteiger partial charge in [-0.25, -0.2) is 0 Å². The Morgan fingerprint density at radius 2 is 2.06 bits per heavy atom. The lowest BCUT2D eigenvalue weighted by Gasteiger charge is -2.10. The van der Waals surface area contributed by atoms with Crippen molar-refractivity contribution in [3.63, 3.8) is 0 Å². The molecular weight excluding hydrogens is 239 g/mol. The highest BCUT2D eigenvalue weighted by Gasteiger charge is 2.31. The Bertz CT molecular complexity index is 434. The van der Waals surface area contributed by atoms with Crippen LogP contribution < -0.4 is 10.5 Å². The van der Waals surface area contributed by atoms with E-state index in [9.17, 15) is 13.2 Å². The number of nitrogen functional groups attached to an aromatic ring is 1. The van der Waals surface area contributed by atoms with Gasteiger partial charge in [-0.05, 0) is 18.2 Å². The first-order valence-corrected chi connectivity index (χ1v) is 4.80. The maximum Gasteiger partial charge on any atom is 0.573 e. The fourth-order valence-corrected chi connectivity index (χ4v) is 1.07. The van der Waals surface area contributed by atoms with Crippen LogP contribution in [0.25, 0.3) is 0 Å². The number of alkyl halides is 3. The van der Waals surface area contributed by atoms with Crippen LogP contribution in [0, 0.1) is 11.8 Å². The highest BCUT2D eigenvalue weighted by Crippen LogP contribution is 2.27. The molecule has 2 nitrogen and oxygen atoms in total. The Kier molecular flexibility index (Phi) is 3.96. The molecule has 0 amide bonds. The number of hydrogen-bond acceptors (Lipinski definition) is 3. The second-order valence-electron chi connectivity index (χ2n) is 2.76. The van der Waals surface area contributed by atoms with E-state index in [4.69, 9.17) is 5.73 Å². The Morgan fingerprint density at radius 1 is 1.38 bits per heavy atom. The van der Waals surface area contributed by atoms with Gasteiger partial charge >= 0.3 is 6.36 Å². The molecule has 16 heavy (non-hydrogen) atoms. The molecule has 0 aliphatic carbocycles. The van der Waals surface area contributed by atoms with Gasteiger partial charge in [0.25, 0.3) is 0 Å². The summed E-state index contributed by atoms with van der Waals surface area (Å²) in [6, 6.07) is 3.76. The second-order valence-corrected chi connectivity index (χ2v) is 3.08. The number of nitrogens with two attached hydrogens (primary N) is 1. The average Bonchev–Trinajstić information content (AvgIpc) is 2.16. The van der Waals surface area contributed by atoms with E-state index in [1.165, 1.54) is 12.1 Å². The standard InChI is InChI=1S/C10H8F3NOS/c11-10(12,13)15-9-4-3-8(14)6-7(9)2-1-5-16/h3-4,6,16H,5,14H2. The van der Waals surface area contributed by atoms with Crippen molar-refractivity contribution in [2.75, 3.05) is 11.5 Å². The third-order valence-electron chi connectivity index (χ3n) is 1.53. The number of ether oxygens (including phenoxy) is 1. The molecule has 0 bridgehead atoms. The van der Waals surface area contributed by atoms with Crippen molar-refractivity contribution in [2.24, 2.45) is 0 Å². The first kappa shape index (κ1) is 12.6. The van der Waals surface area contributed by atoms with Crippen LogP contribution in [-0.4, -0.2) is 12.1 Å². The van der Waals surface area contributed by atoms with Crippen LogP contribution >= 0.6 is 12.6 Å². The van der Waals surface area contributed by atoms with Gasteiger partial charge in [-0.3, -0.25) is 0 Å². The molecule has 0 saturated heterocycles. The van der Waals surface area contributed by atoms with Gasteiger partial charge in [-0.15, -0.1) is 13.2 Å². The van der Waals surface area contributed by atoms with Crippen LogP contribution in [0.5, 0.6) is 5.75 Å². The summed E-state index contributed by atoms with van der Waals surface area (Å²) in [7, 11) is 0. The molecule has 0 saturated carbocycles. The lowest BCUT2D eigenvalue weighted by molar-refractivity contribution is -0.274. The Morgan fingerprint density at radius 3 is 2.62 bits per heavy atom. The molecule has 0 aliphatic heterocycles. The van der Waals surface area contributed by atoms with Crippen LogP contribution in [0.1, 0.15) is 5.56 Å². The zero-order valence-electron chi connectivity index (χ0n) is 8.01. The highest BCUT2D eigenvalue weighted by molar-refractivity contribution is 7.80. The lowest BCUT2D eigenvalue weighted by Crippen LogP contribution is -2.17. The lowest BCUT2D eigenvalue weighted by atomic mass is 10.2. The quantitative estimate of drug-likeness (QED) is 0.454. The molecule has 0 unspecified atom stereocenters. The van der Waals surface area contributed by atoms with Crippen molar-refractivity contribution in [1.82, 2.24) is 0 Å². The SMILES string of the molecule is Nc1ccc(OC(F)(F)F)c(C#CCS)c1. The molecule has 1 rings (SSSR count). The largest absolute Gasteiger partial charge is 0.573 e. The van der Waals surface area contributed by atoms with Crippen molar-refractivity contribution < 1.29 is 17.9 Å². The van der Waals surface area contributed by atoms with Crippen LogP contribution in [0.15, 0.2) is 18.2 Å². The molecule has 0 atom stereocenters. The average molecular weight is 247 g/mol. The summed E-state index contributed by atoms with van der Waals surface area (Å²) >= 11 is 3.83. The zero-order valence-corrected chi connectivity index (χ0v) is 8.90. The molecule has 0 radical (unpaired) electrons. The number of benzene rings is 1. The van der Waals surface area contributed by atoms with E-state index in [0.29, 0.717) is 5.69 Å². The fraction of sp³-hybridized carbons (Fsp3) is 0.200. The van der Waals surface area contributed by atoms with Gasteiger partial charge in [-0.1, -0.05) is 11.8 Å². The third-order valence-corrected chi connectivity index (χ3v) is 1.69. The molecule has 86 valence electrons. The summed E-state index contributed by atoms with van der Waals surface area (Å²) in [5.41, 5.74) is 5.85. The normalized spacial score (nSPS) is 10.5. The summed E-state index contributed by atoms with van der Waals surface area (Å²) in [5, 5.41) is 0. The maximum absolute atomic E-state index is 12.0. The minimum Gasteiger partial charge on any atom is -0.404 e. The molecule has 0 spiro atoms. The van der Waals surface area contributed by atoms with E-state index in [0.717, 1.165) is 6.07 Å². The topological polar surface area (TPSA) is 35.2 Å². The van der Waals surface area contributed by atoms with E-state index in [2.05, 4.69) is 29.2 Å². The summed E-state index contributed by atoms with van der Waals surface area (Å²) < 4.78 is 39.9. The molecule has 2 N–H and O–H groups in total. The molecule has 1 aromatic rings. The minimum absolute atomic E-state index is 0.0892. The van der Waals surface area contributed by atoms with Crippen LogP contribution in [-0.2, 0) is 0 Å². The summed E-state index contributed by atoms with van der Waals surface area (Å²) in [6.45, 7) is 0.